The molecular formula is C29H28BrClN4O4S. The molecule has 1 saturated heterocycles. The van der Waals surface area contributed by atoms with E-state index in [4.69, 9.17) is 11.6 Å². The number of sulfonamides is 1. The number of benzene rings is 3. The fraction of sp³-hybridized carbons (Fsp3) is 0.241. The predicted molar refractivity (Wildman–Crippen MR) is 160 cm³/mol. The zero-order chi connectivity index (χ0) is 28.8. The normalized spacial score (nSPS) is 15.4. The summed E-state index contributed by atoms with van der Waals surface area (Å²) in [6, 6.07) is 20.4. The Kier molecular flexibility index (Phi) is 7.69. The molecule has 0 bridgehead atoms. The van der Waals surface area contributed by atoms with Gasteiger partial charge >= 0.3 is 0 Å². The quantitative estimate of drug-likeness (QED) is 0.270. The van der Waals surface area contributed by atoms with Crippen LogP contribution in [0.2, 0.25) is 5.02 Å². The van der Waals surface area contributed by atoms with E-state index in [0.717, 1.165) is 27.2 Å². The van der Waals surface area contributed by atoms with Crippen molar-refractivity contribution in [1.29, 1.82) is 0 Å². The second-order valence-electron chi connectivity index (χ2n) is 9.73. The number of halogens is 2. The van der Waals surface area contributed by atoms with Crippen LogP contribution >= 0.6 is 27.5 Å². The molecule has 1 aliphatic rings. The van der Waals surface area contributed by atoms with Crippen LogP contribution in [0.3, 0.4) is 0 Å². The molecule has 0 saturated carbocycles. The zero-order valence-corrected chi connectivity index (χ0v) is 25.4. The summed E-state index contributed by atoms with van der Waals surface area (Å²) in [5.74, 6) is -0.275. The fourth-order valence-corrected chi connectivity index (χ4v) is 7.35. The molecule has 11 heteroatoms. The first-order chi connectivity index (χ1) is 19.0. The van der Waals surface area contributed by atoms with Crippen molar-refractivity contribution in [1.82, 2.24) is 14.3 Å². The highest BCUT2D eigenvalue weighted by Gasteiger charge is 2.33. The molecule has 1 fully saturated rings. The molecule has 0 spiro atoms. The molecule has 0 N–H and O–H groups in total. The first-order valence-electron chi connectivity index (χ1n) is 12.7. The van der Waals surface area contributed by atoms with E-state index in [1.54, 1.807) is 53.9 Å². The van der Waals surface area contributed by atoms with Gasteiger partial charge in [0.2, 0.25) is 0 Å². The number of carbonyl (C=O) groups excluding carboxylic acids is 1. The summed E-state index contributed by atoms with van der Waals surface area (Å²) in [5, 5.41) is 0.566. The molecular weight excluding hydrogens is 616 g/mol. The number of rotatable bonds is 6. The molecule has 1 amide bonds. The van der Waals surface area contributed by atoms with Crippen molar-refractivity contribution in [2.75, 3.05) is 17.9 Å². The monoisotopic (exact) mass is 642 g/mol. The van der Waals surface area contributed by atoms with E-state index in [2.05, 4.69) is 15.9 Å². The third-order valence-electron chi connectivity index (χ3n) is 7.41. The van der Waals surface area contributed by atoms with Gasteiger partial charge in [-0.3, -0.25) is 18.6 Å². The maximum atomic E-state index is 13.8. The van der Waals surface area contributed by atoms with Crippen LogP contribution in [-0.2, 0) is 17.1 Å². The lowest BCUT2D eigenvalue weighted by atomic mass is 10.0. The summed E-state index contributed by atoms with van der Waals surface area (Å²) < 4.78 is 32.4. The van der Waals surface area contributed by atoms with Gasteiger partial charge in [0.05, 0.1) is 22.3 Å². The van der Waals surface area contributed by atoms with Gasteiger partial charge in [0.15, 0.2) is 0 Å². The largest absolute Gasteiger partial charge is 0.332 e. The van der Waals surface area contributed by atoms with E-state index in [-0.39, 0.29) is 28.1 Å². The molecule has 8 nitrogen and oxygen atoms in total. The van der Waals surface area contributed by atoms with Crippen molar-refractivity contribution in [3.63, 3.8) is 0 Å². The van der Waals surface area contributed by atoms with Crippen LogP contribution in [-0.4, -0.2) is 42.2 Å². The molecule has 1 unspecified atom stereocenters. The zero-order valence-electron chi connectivity index (χ0n) is 22.2. The highest BCUT2D eigenvalue weighted by molar-refractivity contribution is 9.10. The van der Waals surface area contributed by atoms with Crippen LogP contribution in [0.1, 0.15) is 40.5 Å². The van der Waals surface area contributed by atoms with Gasteiger partial charge in [-0.15, -0.1) is 0 Å². The van der Waals surface area contributed by atoms with Crippen molar-refractivity contribution in [2.24, 2.45) is 7.05 Å². The van der Waals surface area contributed by atoms with Crippen LogP contribution in [0.25, 0.3) is 5.69 Å². The lowest BCUT2D eigenvalue weighted by molar-refractivity contribution is 0.0735. The Morgan fingerprint density at radius 2 is 1.77 bits per heavy atom. The van der Waals surface area contributed by atoms with Crippen molar-refractivity contribution in [3.05, 3.63) is 109 Å². The predicted octanol–water partition coefficient (Wildman–Crippen LogP) is 5.70. The van der Waals surface area contributed by atoms with E-state index in [0.29, 0.717) is 22.9 Å². The fourth-order valence-electron chi connectivity index (χ4n) is 5.26. The van der Waals surface area contributed by atoms with Crippen LogP contribution < -0.4 is 9.86 Å². The Labute approximate surface area is 246 Å². The lowest BCUT2D eigenvalue weighted by Gasteiger charge is -2.26. The van der Waals surface area contributed by atoms with E-state index in [9.17, 15) is 18.0 Å². The molecule has 0 radical (unpaired) electrons. The minimum Gasteiger partial charge on any atom is -0.332 e. The SMILES string of the molecule is Cc1c(N(C)S(=O)(=O)c2cccc(C(=O)N3CCCC3c3ccc(Br)cc3Cl)c2)c(=O)n(-c2ccccc2)n1C. The van der Waals surface area contributed by atoms with Gasteiger partial charge in [-0.1, -0.05) is 57.9 Å². The minimum absolute atomic E-state index is 0.0348. The smallest absolute Gasteiger partial charge is 0.296 e. The van der Waals surface area contributed by atoms with Gasteiger partial charge in [-0.05, 0) is 67.8 Å². The Morgan fingerprint density at radius 1 is 1.05 bits per heavy atom. The van der Waals surface area contributed by atoms with Gasteiger partial charge in [0.25, 0.3) is 21.5 Å². The van der Waals surface area contributed by atoms with Crippen molar-refractivity contribution >= 4 is 49.1 Å². The second kappa shape index (κ2) is 10.9. The molecule has 1 aromatic heterocycles. The van der Waals surface area contributed by atoms with E-state index >= 15 is 0 Å². The summed E-state index contributed by atoms with van der Waals surface area (Å²) >= 11 is 9.92. The lowest BCUT2D eigenvalue weighted by Crippen LogP contribution is -2.33. The van der Waals surface area contributed by atoms with Crippen molar-refractivity contribution in [2.45, 2.75) is 30.7 Å². The summed E-state index contributed by atoms with van der Waals surface area (Å²) in [5.41, 5.74) is 1.78. The average Bonchev–Trinajstić information content (AvgIpc) is 3.50. The third-order valence-corrected chi connectivity index (χ3v) is 9.99. The maximum Gasteiger partial charge on any atom is 0.296 e. The maximum absolute atomic E-state index is 13.8. The highest BCUT2D eigenvalue weighted by Crippen LogP contribution is 2.38. The summed E-state index contributed by atoms with van der Waals surface area (Å²) in [4.78, 5) is 28.8. The van der Waals surface area contributed by atoms with Crippen LogP contribution in [0.4, 0.5) is 5.69 Å². The van der Waals surface area contributed by atoms with Crippen LogP contribution in [0.5, 0.6) is 0 Å². The first-order valence-corrected chi connectivity index (χ1v) is 15.3. The molecule has 2 heterocycles. The Morgan fingerprint density at radius 3 is 2.48 bits per heavy atom. The van der Waals surface area contributed by atoms with Gasteiger partial charge in [0, 0.05) is 35.7 Å². The third kappa shape index (κ3) is 4.88. The van der Waals surface area contributed by atoms with E-state index in [1.165, 1.54) is 23.9 Å². The molecule has 1 aliphatic heterocycles. The number of likely N-dealkylation sites (tertiary alicyclic amines) is 1. The number of aromatic nitrogens is 2. The van der Waals surface area contributed by atoms with E-state index in [1.807, 2.05) is 30.3 Å². The Balaban J connectivity index is 1.48. The average molecular weight is 644 g/mol. The Bertz CT molecular complexity index is 1770. The Hall–Kier alpha value is -3.34. The summed E-state index contributed by atoms with van der Waals surface area (Å²) in [7, 11) is -1.11. The van der Waals surface area contributed by atoms with Crippen molar-refractivity contribution < 1.29 is 13.2 Å². The number of nitrogens with zero attached hydrogens (tertiary/aromatic N) is 4. The number of hydrogen-bond acceptors (Lipinski definition) is 4. The van der Waals surface area contributed by atoms with Gasteiger partial charge < -0.3 is 4.90 Å². The molecule has 0 aliphatic carbocycles. The van der Waals surface area contributed by atoms with E-state index < -0.39 is 15.6 Å². The number of hydrogen-bond donors (Lipinski definition) is 0. The first kappa shape index (κ1) is 28.2. The number of anilines is 1. The highest BCUT2D eigenvalue weighted by atomic mass is 79.9. The number of amides is 1. The van der Waals surface area contributed by atoms with Crippen molar-refractivity contribution in [3.8, 4) is 5.69 Å². The summed E-state index contributed by atoms with van der Waals surface area (Å²) in [6.07, 6.45) is 1.57. The minimum atomic E-state index is -4.17. The second-order valence-corrected chi connectivity index (χ2v) is 13.0. The molecule has 1 atom stereocenters. The number of carbonyl (C=O) groups is 1. The number of para-hydroxylation sites is 1. The standard InChI is InChI=1S/C29H28BrClN4O4S/c1-19-27(29(37)35(32(19)2)22-10-5-4-6-11-22)33(3)40(38,39)23-12-7-9-20(17-23)28(36)34-16-8-13-26(34)24-15-14-21(30)18-25(24)31/h4-7,9-12,14-15,17-18,26H,8,13,16H2,1-3H3. The topological polar surface area (TPSA) is 84.6 Å². The molecule has 208 valence electrons. The molecule has 4 aromatic rings. The van der Waals surface area contributed by atoms with Crippen LogP contribution in [0.15, 0.2) is 87.0 Å². The van der Waals surface area contributed by atoms with Gasteiger partial charge in [-0.25, -0.2) is 13.1 Å². The molecule has 3 aromatic carbocycles. The molecule has 5 rings (SSSR count). The summed E-state index contributed by atoms with van der Waals surface area (Å²) in [6.45, 7) is 2.23. The van der Waals surface area contributed by atoms with Gasteiger partial charge in [-0.2, -0.15) is 0 Å². The molecule has 40 heavy (non-hydrogen) atoms. The van der Waals surface area contributed by atoms with Crippen LogP contribution in [0, 0.1) is 6.92 Å². The van der Waals surface area contributed by atoms with Gasteiger partial charge in [0.1, 0.15) is 5.69 Å².